The molecule has 0 radical (unpaired) electrons. The monoisotopic (exact) mass is 664 g/mol. The molecule has 5 rings (SSSR count). The normalized spacial score (nSPS) is 49.8. The van der Waals surface area contributed by atoms with Crippen molar-refractivity contribution < 1.29 is 57.3 Å². The molecule has 13 heteroatoms. The first kappa shape index (κ1) is 35.8. The molecule has 0 bridgehead atoms. The fraction of sp³-hybridized carbons (Fsp3) is 1.00. The van der Waals surface area contributed by atoms with Crippen LogP contribution in [-0.4, -0.2) is 105 Å². The van der Waals surface area contributed by atoms with Crippen LogP contribution in [0.5, 0.6) is 0 Å². The molecule has 45 heavy (non-hydrogen) atoms. The average Bonchev–Trinajstić information content (AvgIpc) is 3.37. The molecule has 4 saturated carbocycles. The van der Waals surface area contributed by atoms with E-state index in [1.165, 1.54) is 0 Å². The van der Waals surface area contributed by atoms with E-state index < -0.39 is 82.3 Å². The molecular weight excluding hydrogens is 608 g/mol. The van der Waals surface area contributed by atoms with E-state index in [9.17, 15) is 43.6 Å². The van der Waals surface area contributed by atoms with Gasteiger partial charge < -0.3 is 40.1 Å². The van der Waals surface area contributed by atoms with Crippen molar-refractivity contribution in [2.75, 3.05) is 6.61 Å². The van der Waals surface area contributed by atoms with Gasteiger partial charge in [0.15, 0.2) is 6.29 Å². The van der Waals surface area contributed by atoms with Crippen LogP contribution >= 0.6 is 0 Å². The highest BCUT2D eigenvalue weighted by Gasteiger charge is 2.71. The summed E-state index contributed by atoms with van der Waals surface area (Å²) in [5.74, 6) is -0.841. The van der Waals surface area contributed by atoms with Crippen LogP contribution in [0.15, 0.2) is 0 Å². The van der Waals surface area contributed by atoms with Crippen LogP contribution < -0.4 is 0 Å². The Morgan fingerprint density at radius 2 is 1.62 bits per heavy atom. The number of aliphatic hydroxyl groups is 6. The molecule has 16 atom stereocenters. The van der Waals surface area contributed by atoms with E-state index in [2.05, 4.69) is 13.8 Å². The zero-order chi connectivity index (χ0) is 33.3. The number of fused-ring (bicyclic) bond motifs is 5. The Bertz CT molecular complexity index is 1150. The zero-order valence-corrected chi connectivity index (χ0v) is 28.1. The molecule has 0 aromatic rings. The van der Waals surface area contributed by atoms with Crippen LogP contribution in [0.3, 0.4) is 0 Å². The van der Waals surface area contributed by atoms with Gasteiger partial charge in [-0.1, -0.05) is 34.6 Å². The molecule has 5 fully saturated rings. The summed E-state index contributed by atoms with van der Waals surface area (Å²) in [4.78, 5) is 0. The quantitative estimate of drug-likeness (QED) is 0.167. The van der Waals surface area contributed by atoms with Gasteiger partial charge in [0.25, 0.3) is 0 Å². The van der Waals surface area contributed by atoms with Crippen molar-refractivity contribution in [3.63, 3.8) is 0 Å². The van der Waals surface area contributed by atoms with E-state index in [0.29, 0.717) is 38.5 Å². The summed E-state index contributed by atoms with van der Waals surface area (Å²) in [6, 6.07) is 0. The highest BCUT2D eigenvalue weighted by atomic mass is 32.3. The number of rotatable bonds is 10. The third-order valence-corrected chi connectivity index (χ3v) is 13.6. The third-order valence-electron chi connectivity index (χ3n) is 13.1. The van der Waals surface area contributed by atoms with Gasteiger partial charge in [0, 0.05) is 12.3 Å². The van der Waals surface area contributed by atoms with Crippen molar-refractivity contribution in [3.05, 3.63) is 0 Å². The van der Waals surface area contributed by atoms with Gasteiger partial charge in [0.05, 0.1) is 36.6 Å². The van der Waals surface area contributed by atoms with Crippen molar-refractivity contribution in [3.8, 4) is 0 Å². The second-order valence-corrected chi connectivity index (χ2v) is 17.0. The summed E-state index contributed by atoms with van der Waals surface area (Å²) >= 11 is 0. The molecule has 1 aliphatic heterocycles. The first-order chi connectivity index (χ1) is 20.9. The molecule has 4 aliphatic carbocycles. The maximum absolute atomic E-state index is 12.7. The minimum atomic E-state index is -4.82. The number of hydrogen-bond acceptors (Lipinski definition) is 11. The van der Waals surface area contributed by atoms with Gasteiger partial charge in [-0.15, -0.1) is 0 Å². The molecule has 1 heterocycles. The Morgan fingerprint density at radius 3 is 2.22 bits per heavy atom. The van der Waals surface area contributed by atoms with Crippen LogP contribution in [0.4, 0.5) is 0 Å². The van der Waals surface area contributed by atoms with Gasteiger partial charge in [-0.25, -0.2) is 4.18 Å². The summed E-state index contributed by atoms with van der Waals surface area (Å²) in [5, 5.41) is 64.9. The van der Waals surface area contributed by atoms with Crippen LogP contribution in [0, 0.1) is 46.3 Å². The summed E-state index contributed by atoms with van der Waals surface area (Å²) in [5.41, 5.74) is -2.40. The smallest absolute Gasteiger partial charge is 0.394 e. The molecule has 7 N–H and O–H groups in total. The number of hydrogen-bond donors (Lipinski definition) is 7. The van der Waals surface area contributed by atoms with Gasteiger partial charge >= 0.3 is 10.4 Å². The lowest BCUT2D eigenvalue weighted by Gasteiger charge is -2.66. The lowest BCUT2D eigenvalue weighted by Crippen LogP contribution is -2.69. The largest absolute Gasteiger partial charge is 0.397 e. The molecule has 0 aromatic heterocycles. The Kier molecular flexibility index (Phi) is 10.2. The van der Waals surface area contributed by atoms with E-state index in [1.54, 1.807) is 0 Å². The molecule has 0 amide bonds. The maximum atomic E-state index is 12.7. The van der Waals surface area contributed by atoms with Crippen LogP contribution in [0.25, 0.3) is 0 Å². The van der Waals surface area contributed by atoms with Gasteiger partial charge in [0.1, 0.15) is 18.3 Å². The van der Waals surface area contributed by atoms with Crippen molar-refractivity contribution in [2.24, 2.45) is 46.3 Å². The average molecular weight is 665 g/mol. The van der Waals surface area contributed by atoms with Gasteiger partial charge in [-0.05, 0) is 91.8 Å². The molecule has 12 nitrogen and oxygen atoms in total. The van der Waals surface area contributed by atoms with E-state index in [-0.39, 0.29) is 42.1 Å². The first-order valence-corrected chi connectivity index (χ1v) is 18.2. The van der Waals surface area contributed by atoms with Gasteiger partial charge in [0.2, 0.25) is 0 Å². The number of aliphatic hydroxyl groups excluding tert-OH is 5. The van der Waals surface area contributed by atoms with Crippen LogP contribution in [0.1, 0.15) is 92.4 Å². The predicted octanol–water partition coefficient (Wildman–Crippen LogP) is 1.79. The number of ether oxygens (including phenoxy) is 2. The minimum Gasteiger partial charge on any atom is -0.394 e. The first-order valence-electron chi connectivity index (χ1n) is 16.9. The summed E-state index contributed by atoms with van der Waals surface area (Å²) in [7, 11) is -4.82. The molecule has 5 aliphatic rings. The summed E-state index contributed by atoms with van der Waals surface area (Å²) in [6.45, 7) is 9.92. The van der Waals surface area contributed by atoms with E-state index in [1.807, 2.05) is 20.8 Å². The van der Waals surface area contributed by atoms with E-state index >= 15 is 0 Å². The Hall–Kier alpha value is -0.450. The van der Waals surface area contributed by atoms with E-state index in [4.69, 9.17) is 13.7 Å². The maximum Gasteiger partial charge on any atom is 0.397 e. The van der Waals surface area contributed by atoms with Crippen molar-refractivity contribution in [2.45, 2.75) is 147 Å². The molecule has 0 aromatic carbocycles. The highest BCUT2D eigenvalue weighted by Crippen LogP contribution is 2.70. The standard InChI is InChI=1S/C32H56O12S/c1-16(2)22(42-29-27(37)26(36)24(15-33)43-29)7-6-17(3)19-13-21(35)28-31(19,5)11-9-25-30(4)10-8-18(34)12-20(30)23(14-32(25,28)38)44-45(39,40)41/h16-29,33-38H,6-15H2,1-5H3,(H,39,40,41)/t17-,18+,19-,20?,21?,22+,23+,24?,25?,26?,27?,28?,29?,30+,31-,32+/m1/s1. The molecule has 0 spiro atoms. The van der Waals surface area contributed by atoms with E-state index in [0.717, 1.165) is 12.8 Å². The van der Waals surface area contributed by atoms with Crippen molar-refractivity contribution in [1.29, 1.82) is 0 Å². The summed E-state index contributed by atoms with van der Waals surface area (Å²) < 4.78 is 50.5. The fourth-order valence-electron chi connectivity index (χ4n) is 11.0. The fourth-order valence-corrected chi connectivity index (χ4v) is 11.5. The Labute approximate surface area is 267 Å². The van der Waals surface area contributed by atoms with Crippen LogP contribution in [0.2, 0.25) is 0 Å². The second-order valence-electron chi connectivity index (χ2n) is 16.0. The predicted molar refractivity (Wildman–Crippen MR) is 162 cm³/mol. The lowest BCUT2D eigenvalue weighted by molar-refractivity contribution is -0.260. The lowest BCUT2D eigenvalue weighted by atomic mass is 9.42. The van der Waals surface area contributed by atoms with Crippen molar-refractivity contribution >= 4 is 10.4 Å². The minimum absolute atomic E-state index is 0.0451. The zero-order valence-electron chi connectivity index (χ0n) is 27.2. The Morgan fingerprint density at radius 1 is 0.956 bits per heavy atom. The molecule has 8 unspecified atom stereocenters. The molecule has 1 saturated heterocycles. The SMILES string of the molecule is CC(C)[C@H](CC[C@@H](C)[C@H]1CC(O)C2[C@]3(O)C[C@H](OS(=O)(=O)O)C4C[C@@H](O)CC[C@]4(C)C3CC[C@@]21C)OC1OC(CO)C(O)C1O. The Balaban J connectivity index is 1.34. The third kappa shape index (κ3) is 6.38. The highest BCUT2D eigenvalue weighted by molar-refractivity contribution is 7.80. The van der Waals surface area contributed by atoms with Gasteiger partial charge in [-0.2, -0.15) is 8.42 Å². The molecule has 262 valence electrons. The van der Waals surface area contributed by atoms with Gasteiger partial charge in [-0.3, -0.25) is 4.55 Å². The van der Waals surface area contributed by atoms with Crippen LogP contribution in [-0.2, 0) is 24.1 Å². The topological polar surface area (TPSA) is 203 Å². The van der Waals surface area contributed by atoms with Crippen molar-refractivity contribution in [1.82, 2.24) is 0 Å². The molecular formula is C32H56O12S. The summed E-state index contributed by atoms with van der Waals surface area (Å²) in [6.07, 6.45) is -2.43. The second kappa shape index (κ2) is 12.8.